The summed E-state index contributed by atoms with van der Waals surface area (Å²) < 4.78 is 16.9. The summed E-state index contributed by atoms with van der Waals surface area (Å²) in [6, 6.07) is 41.8. The molecule has 0 heterocycles. The molecule has 0 aliphatic rings. The number of carbonyl (C=O) groups is 2. The molecule has 6 heteroatoms. The zero-order chi connectivity index (χ0) is 38.4. The molecule has 0 aliphatic heterocycles. The van der Waals surface area contributed by atoms with Crippen LogP contribution >= 0.6 is 0 Å². The minimum absolute atomic E-state index is 0.257. The first-order chi connectivity index (χ1) is 26.4. The van der Waals surface area contributed by atoms with Crippen LogP contribution in [0.2, 0.25) is 0 Å². The van der Waals surface area contributed by atoms with Crippen molar-refractivity contribution in [2.45, 2.75) is 110 Å². The van der Waals surface area contributed by atoms with Gasteiger partial charge in [0.15, 0.2) is 0 Å². The Morgan fingerprint density at radius 3 is 0.981 bits per heavy atom. The molecule has 4 rings (SSSR count). The van der Waals surface area contributed by atoms with E-state index in [0.29, 0.717) is 35.8 Å². The van der Waals surface area contributed by atoms with Crippen LogP contribution in [0, 0.1) is 11.8 Å². The maximum absolute atomic E-state index is 14.9. The number of hydrogen-bond acceptors (Lipinski definition) is 4. The van der Waals surface area contributed by atoms with E-state index in [4.69, 9.17) is 6.15 Å². The van der Waals surface area contributed by atoms with E-state index in [9.17, 15) is 9.59 Å². The van der Waals surface area contributed by atoms with Gasteiger partial charge in [0, 0.05) is 0 Å². The van der Waals surface area contributed by atoms with Crippen molar-refractivity contribution >= 4 is 52.3 Å². The Labute approximate surface area is 341 Å². The predicted octanol–water partition coefficient (Wildman–Crippen LogP) is 11.2. The monoisotopic (exact) mass is 944 g/mol. The van der Waals surface area contributed by atoms with Crippen molar-refractivity contribution in [2.75, 3.05) is 0 Å². The first-order valence-electron chi connectivity index (χ1n) is 20.7. The third kappa shape index (κ3) is 15.7. The molecule has 0 amide bonds. The topological polar surface area (TPSA) is 52.6 Å². The molecule has 0 fully saturated rings. The van der Waals surface area contributed by atoms with E-state index >= 15 is 0 Å². The minimum atomic E-state index is -3.07. The van der Waals surface area contributed by atoms with E-state index in [1.807, 2.05) is 24.3 Å². The Bertz CT molecular complexity index is 1450. The second-order valence-corrected chi connectivity index (χ2v) is 28.1. The molecular weight excluding hydrogens is 878 g/mol. The van der Waals surface area contributed by atoms with E-state index in [0.717, 1.165) is 69.1 Å². The van der Waals surface area contributed by atoms with E-state index in [-0.39, 0.29) is 11.9 Å². The van der Waals surface area contributed by atoms with Crippen molar-refractivity contribution in [1.29, 1.82) is 0 Å². The third-order valence-electron chi connectivity index (χ3n) is 10.7. The Balaban J connectivity index is 1.78. The maximum atomic E-state index is 14.9. The summed E-state index contributed by atoms with van der Waals surface area (Å²) in [5, 5.41) is 0. The molecule has 4 aromatic carbocycles. The van der Waals surface area contributed by atoms with Gasteiger partial charge in [-0.3, -0.25) is 0 Å². The fraction of sp³-hybridized carbons (Fsp3) is 0.417. The fourth-order valence-corrected chi connectivity index (χ4v) is 20.8. The van der Waals surface area contributed by atoms with Gasteiger partial charge in [-0.1, -0.05) is 0 Å². The van der Waals surface area contributed by atoms with Gasteiger partial charge in [0.25, 0.3) is 0 Å². The van der Waals surface area contributed by atoms with Crippen LogP contribution in [0.1, 0.15) is 114 Å². The van der Waals surface area contributed by atoms with Gasteiger partial charge in [0.2, 0.25) is 0 Å². The molecule has 288 valence electrons. The van der Waals surface area contributed by atoms with E-state index < -0.39 is 40.3 Å². The average Bonchev–Trinajstić information content (AvgIpc) is 3.20. The normalized spacial score (nSPS) is 13.0. The molecule has 0 aliphatic carbocycles. The van der Waals surface area contributed by atoms with Crippen molar-refractivity contribution < 1.29 is 15.7 Å². The number of hydrogen-bond donors (Lipinski definition) is 0. The summed E-state index contributed by atoms with van der Waals surface area (Å²) in [7, 11) is 0. The van der Waals surface area contributed by atoms with Gasteiger partial charge >= 0.3 is 344 Å². The molecule has 0 spiro atoms. The molecule has 0 bridgehead atoms. The molecule has 0 saturated carbocycles. The fourth-order valence-electron chi connectivity index (χ4n) is 7.39. The van der Waals surface area contributed by atoms with Gasteiger partial charge in [-0.05, 0) is 0 Å². The summed E-state index contributed by atoms with van der Waals surface area (Å²) in [5.41, 5.74) is 6.06. The molecule has 54 heavy (non-hydrogen) atoms. The molecule has 0 aromatic heterocycles. The summed E-state index contributed by atoms with van der Waals surface area (Å²) in [6.45, 7) is 8.88. The van der Waals surface area contributed by atoms with Gasteiger partial charge in [-0.25, -0.2) is 0 Å². The third-order valence-corrected chi connectivity index (χ3v) is 24.4. The van der Waals surface area contributed by atoms with Crippen molar-refractivity contribution in [2.24, 2.45) is 11.8 Å². The van der Waals surface area contributed by atoms with Crippen molar-refractivity contribution in [3.8, 4) is 0 Å². The van der Waals surface area contributed by atoms with Crippen molar-refractivity contribution in [3.05, 3.63) is 155 Å². The van der Waals surface area contributed by atoms with Crippen LogP contribution in [-0.2, 0) is 33.5 Å². The first-order valence-corrected chi connectivity index (χ1v) is 32.7. The van der Waals surface area contributed by atoms with Gasteiger partial charge < -0.3 is 0 Å². The summed E-state index contributed by atoms with van der Waals surface area (Å²) in [6.07, 6.45) is 9.52. The van der Waals surface area contributed by atoms with Crippen LogP contribution in [0.4, 0.5) is 0 Å². The van der Waals surface area contributed by atoms with E-state index in [1.54, 1.807) is 0 Å². The van der Waals surface area contributed by atoms with Crippen LogP contribution < -0.4 is 0 Å². The predicted molar refractivity (Wildman–Crippen MR) is 230 cm³/mol. The molecule has 0 N–H and O–H groups in total. The van der Waals surface area contributed by atoms with Gasteiger partial charge in [0.05, 0.1) is 0 Å². The van der Waals surface area contributed by atoms with Gasteiger partial charge in [-0.15, -0.1) is 0 Å². The molecule has 0 radical (unpaired) electrons. The summed E-state index contributed by atoms with van der Waals surface area (Å²) >= 11 is -6.13. The van der Waals surface area contributed by atoms with Crippen LogP contribution in [0.5, 0.6) is 0 Å². The molecule has 4 nitrogen and oxygen atoms in total. The zero-order valence-electron chi connectivity index (χ0n) is 33.4. The van der Waals surface area contributed by atoms with Crippen LogP contribution in [0.15, 0.2) is 132 Å². The Morgan fingerprint density at radius 2 is 0.741 bits per heavy atom. The van der Waals surface area contributed by atoms with E-state index in [2.05, 4.69) is 125 Å². The van der Waals surface area contributed by atoms with Gasteiger partial charge in [-0.2, -0.15) is 0 Å². The molecule has 2 unspecified atom stereocenters. The Morgan fingerprint density at radius 1 is 0.463 bits per heavy atom. The van der Waals surface area contributed by atoms with Crippen molar-refractivity contribution in [3.63, 3.8) is 0 Å². The molecule has 4 aromatic rings. The van der Waals surface area contributed by atoms with Crippen molar-refractivity contribution in [1.82, 2.24) is 0 Å². The number of unbranched alkanes of at least 4 members (excludes halogenated alkanes) is 2. The van der Waals surface area contributed by atoms with Crippen LogP contribution in [0.25, 0.3) is 0 Å². The number of rotatable bonds is 24. The molecule has 0 saturated heterocycles. The number of carbonyl (C=O) groups excluding carboxylic acids is 2. The number of benzene rings is 4. The first kappa shape index (κ1) is 43.9. The summed E-state index contributed by atoms with van der Waals surface area (Å²) in [5.74, 6) is 0.0901. The second kappa shape index (κ2) is 25.3. The zero-order valence-corrected chi connectivity index (χ0v) is 40.0. The Hall–Kier alpha value is -2.84. The molecular formula is C48H64O4Sn2. The Kier molecular flexibility index (Phi) is 20.6. The van der Waals surface area contributed by atoms with E-state index in [1.165, 1.54) is 22.3 Å². The van der Waals surface area contributed by atoms with Crippen LogP contribution in [-0.4, -0.2) is 52.3 Å². The summed E-state index contributed by atoms with van der Waals surface area (Å²) in [4.78, 5) is 29.9. The SMILES string of the molecule is CCCCC(CC)C/C(C(=O)[O][SnH]([CH2]c1ccccc1)[CH2]c1ccccc1)=C(\CC(CC)CCCC)C(=O)[O][SnH]([CH2]c1ccccc1)[CH2]c1ccccc1. The average molecular weight is 942 g/mol. The molecule has 2 atom stereocenters. The quantitative estimate of drug-likeness (QED) is 0.0519. The second-order valence-electron chi connectivity index (χ2n) is 15.0. The standard InChI is InChI=1S/C20H36O4.4C7H7.2Sn.2H/c1-5-9-11-15(7-3)13-17(19(21)22)18(20(23)24)14-16(8-4)12-10-6-2;4*1-7-5-3-2-4-6-7;;;;/h15-16H,5-14H2,1-4H3,(H,21,22)(H,23,24);4*2-6H,1H2;;;;/q;;;;;2*+1;;/p-2/b18-17-;;;;;;;;. The van der Waals surface area contributed by atoms with Gasteiger partial charge in [0.1, 0.15) is 0 Å². The van der Waals surface area contributed by atoms with Crippen LogP contribution in [0.3, 0.4) is 0 Å².